The number of carbonyl (C=O) groups excluding carboxylic acids is 2. The van der Waals surface area contributed by atoms with Crippen LogP contribution in [0.3, 0.4) is 0 Å². The van der Waals surface area contributed by atoms with Crippen LogP contribution in [0.25, 0.3) is 0 Å². The number of aliphatic carboxylic acids is 2. The number of nitrogens with zero attached hydrogens (tertiary/aromatic N) is 2. The molecule has 17 nitrogen and oxygen atoms in total. The maximum absolute atomic E-state index is 12.1. The van der Waals surface area contributed by atoms with Crippen LogP contribution in [-0.4, -0.2) is 87.0 Å². The van der Waals surface area contributed by atoms with Gasteiger partial charge >= 0.3 is 11.9 Å². The van der Waals surface area contributed by atoms with E-state index >= 15 is 0 Å². The molecule has 0 fully saturated rings. The highest BCUT2D eigenvalue weighted by molar-refractivity contribution is 8.76. The predicted molar refractivity (Wildman–Crippen MR) is 107 cm³/mol. The summed E-state index contributed by atoms with van der Waals surface area (Å²) in [7, 11) is 1.85. The van der Waals surface area contributed by atoms with E-state index in [1.807, 2.05) is 0 Å². The molecule has 182 valence electrons. The lowest BCUT2D eigenvalue weighted by molar-refractivity contribution is -0.788. The molecule has 19 heteroatoms. The van der Waals surface area contributed by atoms with Crippen molar-refractivity contribution in [2.75, 3.05) is 24.7 Å². The first-order valence-corrected chi connectivity index (χ1v) is 11.0. The zero-order valence-electron chi connectivity index (χ0n) is 16.2. The minimum atomic E-state index is -1.33. The summed E-state index contributed by atoms with van der Waals surface area (Å²) in [6.07, 6.45) is -1.81. The Balaban J connectivity index is 4.79. The molecule has 3 atom stereocenters. The zero-order valence-corrected chi connectivity index (χ0v) is 17.9. The lowest BCUT2D eigenvalue weighted by atomic mass is 10.1. The highest BCUT2D eigenvalue weighted by Gasteiger charge is 2.23. The van der Waals surface area contributed by atoms with Crippen LogP contribution in [0.2, 0.25) is 0 Å². The molecular formula is C13H21N5O12S2. The van der Waals surface area contributed by atoms with Gasteiger partial charge in [-0.2, -0.15) is 0 Å². The number of hydrogen-bond acceptors (Lipinski definition) is 13. The Morgan fingerprint density at radius 1 is 1.06 bits per heavy atom. The Bertz CT molecular complexity index is 696. The molecular weight excluding hydrogens is 482 g/mol. The third-order valence-electron chi connectivity index (χ3n) is 3.24. The van der Waals surface area contributed by atoms with Gasteiger partial charge in [0, 0.05) is 17.9 Å². The van der Waals surface area contributed by atoms with Crippen LogP contribution in [-0.2, 0) is 28.9 Å². The Labute approximate surface area is 187 Å². The van der Waals surface area contributed by atoms with Crippen LogP contribution < -0.4 is 16.4 Å². The van der Waals surface area contributed by atoms with E-state index in [-0.39, 0.29) is 24.3 Å². The Morgan fingerprint density at radius 2 is 1.69 bits per heavy atom. The van der Waals surface area contributed by atoms with Gasteiger partial charge in [-0.3, -0.25) is 19.2 Å². The molecule has 0 aromatic rings. The molecule has 0 aromatic carbocycles. The number of nitrogens with one attached hydrogen (secondary N) is 2. The smallest absolute Gasteiger partial charge is 0.322 e. The first kappa shape index (κ1) is 28.9. The van der Waals surface area contributed by atoms with Crippen molar-refractivity contribution in [3.05, 3.63) is 20.2 Å². The maximum atomic E-state index is 12.1. The minimum Gasteiger partial charge on any atom is -0.480 e. The first-order chi connectivity index (χ1) is 14.9. The van der Waals surface area contributed by atoms with E-state index in [9.17, 15) is 39.4 Å². The molecule has 0 aliphatic rings. The lowest BCUT2D eigenvalue weighted by Gasteiger charge is -2.18. The van der Waals surface area contributed by atoms with Crippen molar-refractivity contribution in [2.45, 2.75) is 31.0 Å². The van der Waals surface area contributed by atoms with E-state index in [1.54, 1.807) is 0 Å². The highest BCUT2D eigenvalue weighted by Crippen LogP contribution is 2.24. The quantitative estimate of drug-likeness (QED) is 0.0587. The number of carboxylic acids is 2. The van der Waals surface area contributed by atoms with Gasteiger partial charge in [0.05, 0.1) is 0 Å². The average molecular weight is 503 g/mol. The number of rotatable bonds is 18. The molecule has 6 N–H and O–H groups in total. The summed E-state index contributed by atoms with van der Waals surface area (Å²) >= 11 is 0. The van der Waals surface area contributed by atoms with Crippen LogP contribution >= 0.6 is 21.6 Å². The van der Waals surface area contributed by atoms with Gasteiger partial charge in [0.25, 0.3) is 10.2 Å². The van der Waals surface area contributed by atoms with E-state index in [4.69, 9.17) is 15.9 Å². The molecule has 3 unspecified atom stereocenters. The molecule has 0 saturated carbocycles. The summed E-state index contributed by atoms with van der Waals surface area (Å²) in [5.74, 6) is -4.49. The van der Waals surface area contributed by atoms with Crippen molar-refractivity contribution >= 4 is 45.3 Å². The van der Waals surface area contributed by atoms with Crippen molar-refractivity contribution in [1.82, 2.24) is 10.6 Å². The molecule has 0 aromatic heterocycles. The monoisotopic (exact) mass is 503 g/mol. The van der Waals surface area contributed by atoms with Crippen LogP contribution in [0.4, 0.5) is 0 Å². The molecule has 0 saturated heterocycles. The van der Waals surface area contributed by atoms with Gasteiger partial charge in [-0.1, -0.05) is 21.6 Å². The van der Waals surface area contributed by atoms with Gasteiger partial charge in [0.2, 0.25) is 11.8 Å². The van der Waals surface area contributed by atoms with Crippen molar-refractivity contribution < 1.29 is 49.2 Å². The number of hydrogen-bond donors (Lipinski definition) is 5. The van der Waals surface area contributed by atoms with E-state index in [2.05, 4.69) is 20.3 Å². The van der Waals surface area contributed by atoms with Gasteiger partial charge in [0.1, 0.15) is 31.3 Å². The van der Waals surface area contributed by atoms with Crippen LogP contribution in [0, 0.1) is 20.2 Å². The van der Waals surface area contributed by atoms with Crippen LogP contribution in [0.15, 0.2) is 0 Å². The Morgan fingerprint density at radius 3 is 2.22 bits per heavy atom. The van der Waals surface area contributed by atoms with Crippen molar-refractivity contribution in [1.29, 1.82) is 0 Å². The van der Waals surface area contributed by atoms with Crippen molar-refractivity contribution in [3.8, 4) is 0 Å². The van der Waals surface area contributed by atoms with Gasteiger partial charge in [-0.25, -0.2) is 0 Å². The van der Waals surface area contributed by atoms with Crippen molar-refractivity contribution in [3.63, 3.8) is 0 Å². The number of carbonyl (C=O) groups is 4. The first-order valence-electron chi connectivity index (χ1n) is 8.52. The number of carboxylic acid groups (broad SMARTS) is 2. The molecule has 0 bridgehead atoms. The zero-order chi connectivity index (χ0) is 24.7. The molecule has 32 heavy (non-hydrogen) atoms. The molecule has 2 amide bonds. The molecule has 0 spiro atoms. The van der Waals surface area contributed by atoms with E-state index in [0.29, 0.717) is 0 Å². The molecule has 0 heterocycles. The van der Waals surface area contributed by atoms with Gasteiger partial charge < -0.3 is 36.3 Å². The summed E-state index contributed by atoms with van der Waals surface area (Å²) in [5.41, 5.74) is 5.30. The van der Waals surface area contributed by atoms with Crippen LogP contribution in [0.5, 0.6) is 0 Å². The third-order valence-corrected chi connectivity index (χ3v) is 5.70. The SMILES string of the molecule is NC(CCC(=O)NC(CSSCC(CO[N+](=O)[O-])O[N+](=O)[O-])C(=O)NCC(=O)O)C(=O)O. The summed E-state index contributed by atoms with van der Waals surface area (Å²) in [5, 5.41) is 40.1. The number of amides is 2. The predicted octanol–water partition coefficient (Wildman–Crippen LogP) is -1.97. The maximum Gasteiger partial charge on any atom is 0.322 e. The third kappa shape index (κ3) is 14.8. The summed E-state index contributed by atoms with van der Waals surface area (Å²) in [6, 6.07) is -2.52. The molecule has 0 radical (unpaired) electrons. The fourth-order valence-corrected chi connectivity index (χ4v) is 4.07. The fourth-order valence-electron chi connectivity index (χ4n) is 1.76. The standard InChI is InChI=1S/C13H21N5O12S2/c14-8(13(23)24)1-2-10(19)16-9(12(22)15-3-11(20)21)6-32-31-5-7(30-18(27)28)4-29-17(25)26/h7-9H,1-6,14H2,(H,15,22)(H,16,19)(H,20,21)(H,23,24). The number of nitrogens with two attached hydrogens (primary N) is 1. The van der Waals surface area contributed by atoms with Gasteiger partial charge in [0.15, 0.2) is 0 Å². The molecule has 0 aliphatic heterocycles. The van der Waals surface area contributed by atoms with Crippen molar-refractivity contribution in [2.24, 2.45) is 5.73 Å². The van der Waals surface area contributed by atoms with E-state index in [1.165, 1.54) is 0 Å². The normalized spacial score (nSPS) is 13.2. The highest BCUT2D eigenvalue weighted by atomic mass is 33.1. The van der Waals surface area contributed by atoms with Gasteiger partial charge in [-0.15, -0.1) is 20.2 Å². The topological polar surface area (TPSA) is 264 Å². The molecule has 0 rings (SSSR count). The second-order valence-corrected chi connectivity index (χ2v) is 8.31. The summed E-state index contributed by atoms with van der Waals surface area (Å²) in [6.45, 7) is -1.44. The second kappa shape index (κ2) is 15.7. The Kier molecular flexibility index (Phi) is 14.2. The summed E-state index contributed by atoms with van der Waals surface area (Å²) < 4.78 is 0. The average Bonchev–Trinajstić information content (AvgIpc) is 2.69. The minimum absolute atomic E-state index is 0.131. The van der Waals surface area contributed by atoms with Gasteiger partial charge in [-0.05, 0) is 6.42 Å². The second-order valence-electron chi connectivity index (χ2n) is 5.75. The summed E-state index contributed by atoms with van der Waals surface area (Å²) in [4.78, 5) is 74.3. The Hall–Kier alpha value is -3.06. The van der Waals surface area contributed by atoms with E-state index < -0.39 is 65.3 Å². The van der Waals surface area contributed by atoms with Crippen LogP contribution in [0.1, 0.15) is 12.8 Å². The largest absolute Gasteiger partial charge is 0.480 e. The fraction of sp³-hybridized carbons (Fsp3) is 0.692. The molecule has 0 aliphatic carbocycles. The lowest BCUT2D eigenvalue weighted by Crippen LogP contribution is -2.49. The van der Waals surface area contributed by atoms with E-state index in [0.717, 1.165) is 21.6 Å².